The third-order valence-corrected chi connectivity index (χ3v) is 4.31. The van der Waals surface area contributed by atoms with E-state index in [2.05, 4.69) is 15.2 Å². The van der Waals surface area contributed by atoms with Crippen LogP contribution in [0.3, 0.4) is 0 Å². The molecular weight excluding hydrogens is 275 g/mol. The molecule has 2 rings (SSSR count). The van der Waals surface area contributed by atoms with Crippen molar-refractivity contribution < 1.29 is 4.39 Å². The van der Waals surface area contributed by atoms with Crippen molar-refractivity contribution >= 4 is 28.8 Å². The molecule has 4 nitrogen and oxygen atoms in total. The van der Waals surface area contributed by atoms with E-state index in [0.717, 1.165) is 43.8 Å². The Morgan fingerprint density at radius 1 is 1.56 bits per heavy atom. The summed E-state index contributed by atoms with van der Waals surface area (Å²) < 4.78 is 13.2. The van der Waals surface area contributed by atoms with Gasteiger partial charge in [0.25, 0.3) is 5.26 Å². The van der Waals surface area contributed by atoms with Crippen LogP contribution in [0.1, 0.15) is 19.3 Å². The third-order valence-electron chi connectivity index (χ3n) is 3.26. The minimum absolute atomic E-state index is 0.387. The number of aromatic nitrogens is 1. The number of nitrogens with two attached hydrogens (primary N) is 1. The summed E-state index contributed by atoms with van der Waals surface area (Å²) >= 11 is 6.67. The first-order chi connectivity index (χ1) is 8.70. The van der Waals surface area contributed by atoms with E-state index < -0.39 is 5.26 Å². The number of hydrogen-bond acceptors (Lipinski definition) is 5. The number of thiazole rings is 1. The molecule has 1 aromatic heterocycles. The molecule has 0 spiro atoms. The predicted octanol–water partition coefficient (Wildman–Crippen LogP) is 2.16. The average molecular weight is 293 g/mol. The second kappa shape index (κ2) is 6.65. The highest BCUT2D eigenvalue weighted by molar-refractivity contribution is 7.15. The minimum Gasteiger partial charge on any atom is -0.368 e. The largest absolute Gasteiger partial charge is 0.368 e. The number of hydrogen-bond donors (Lipinski definition) is 2. The SMILES string of the molecule is NC[C@@H]1CCN1CCCCNc1nc(F)sc1Cl. The lowest BCUT2D eigenvalue weighted by molar-refractivity contribution is 0.0951. The first-order valence-corrected chi connectivity index (χ1v) is 7.40. The van der Waals surface area contributed by atoms with Gasteiger partial charge in [-0.3, -0.25) is 4.90 Å². The highest BCUT2D eigenvalue weighted by atomic mass is 35.5. The van der Waals surface area contributed by atoms with Gasteiger partial charge in [-0.2, -0.15) is 9.37 Å². The van der Waals surface area contributed by atoms with Crippen LogP contribution in [-0.2, 0) is 0 Å². The lowest BCUT2D eigenvalue weighted by Gasteiger charge is -2.40. The van der Waals surface area contributed by atoms with Crippen molar-refractivity contribution in [1.29, 1.82) is 0 Å². The van der Waals surface area contributed by atoms with Gasteiger partial charge >= 0.3 is 0 Å². The number of anilines is 1. The van der Waals surface area contributed by atoms with E-state index in [9.17, 15) is 4.39 Å². The fraction of sp³-hybridized carbons (Fsp3) is 0.727. The molecular formula is C11H18ClFN4S. The topological polar surface area (TPSA) is 54.2 Å². The Kier molecular flexibility index (Phi) is 5.17. The summed E-state index contributed by atoms with van der Waals surface area (Å²) in [6.45, 7) is 3.77. The van der Waals surface area contributed by atoms with E-state index in [0.29, 0.717) is 16.2 Å². The molecule has 1 aromatic rings. The average Bonchev–Trinajstić information content (AvgIpc) is 2.61. The van der Waals surface area contributed by atoms with Crippen molar-refractivity contribution in [2.45, 2.75) is 25.3 Å². The van der Waals surface area contributed by atoms with Crippen LogP contribution >= 0.6 is 22.9 Å². The first-order valence-electron chi connectivity index (χ1n) is 6.20. The third kappa shape index (κ3) is 3.54. The standard InChI is InChI=1S/C11H18ClFN4S/c12-9-10(16-11(13)18-9)15-4-1-2-5-17-6-3-8(17)7-14/h8,15H,1-7,14H2/t8-/m0/s1. The van der Waals surface area contributed by atoms with E-state index in [1.54, 1.807) is 0 Å². The van der Waals surface area contributed by atoms with Crippen LogP contribution in [0.15, 0.2) is 0 Å². The zero-order valence-corrected chi connectivity index (χ0v) is 11.7. The van der Waals surface area contributed by atoms with Crippen molar-refractivity contribution in [3.05, 3.63) is 9.60 Å². The number of rotatable bonds is 7. The molecule has 18 heavy (non-hydrogen) atoms. The van der Waals surface area contributed by atoms with Gasteiger partial charge in [0, 0.05) is 25.7 Å². The van der Waals surface area contributed by atoms with Gasteiger partial charge < -0.3 is 11.1 Å². The quantitative estimate of drug-likeness (QED) is 0.756. The Morgan fingerprint density at radius 2 is 2.39 bits per heavy atom. The lowest BCUT2D eigenvalue weighted by atomic mass is 10.0. The maximum Gasteiger partial charge on any atom is 0.272 e. The Morgan fingerprint density at radius 3 is 2.94 bits per heavy atom. The Balaban J connectivity index is 1.57. The normalized spacial score (nSPS) is 19.8. The van der Waals surface area contributed by atoms with Crippen molar-refractivity contribution in [3.8, 4) is 0 Å². The maximum atomic E-state index is 12.8. The highest BCUT2D eigenvalue weighted by Crippen LogP contribution is 2.27. The van der Waals surface area contributed by atoms with Crippen LogP contribution in [0.4, 0.5) is 10.2 Å². The predicted molar refractivity (Wildman–Crippen MR) is 73.8 cm³/mol. The fourth-order valence-corrected chi connectivity index (χ4v) is 2.89. The van der Waals surface area contributed by atoms with Gasteiger partial charge in [0.15, 0.2) is 5.82 Å². The number of likely N-dealkylation sites (tertiary alicyclic amines) is 1. The van der Waals surface area contributed by atoms with E-state index in [1.165, 1.54) is 13.0 Å². The van der Waals surface area contributed by atoms with Crippen LogP contribution in [0.5, 0.6) is 0 Å². The van der Waals surface area contributed by atoms with Crippen LogP contribution < -0.4 is 11.1 Å². The van der Waals surface area contributed by atoms with Gasteiger partial charge in [-0.25, -0.2) is 0 Å². The zero-order chi connectivity index (χ0) is 13.0. The van der Waals surface area contributed by atoms with Crippen LogP contribution in [0.25, 0.3) is 0 Å². The summed E-state index contributed by atoms with van der Waals surface area (Å²) in [4.78, 5) is 6.09. The Bertz CT molecular complexity index is 385. The molecule has 1 atom stereocenters. The molecule has 1 fully saturated rings. The molecule has 2 heterocycles. The number of nitrogens with zero attached hydrogens (tertiary/aromatic N) is 2. The second-order valence-corrected chi connectivity index (χ2v) is 5.99. The molecule has 0 unspecified atom stereocenters. The van der Waals surface area contributed by atoms with E-state index in [4.69, 9.17) is 17.3 Å². The molecule has 1 aliphatic rings. The molecule has 0 radical (unpaired) electrons. The second-order valence-electron chi connectivity index (χ2n) is 4.44. The summed E-state index contributed by atoms with van der Waals surface area (Å²) in [6.07, 6.45) is 3.35. The van der Waals surface area contributed by atoms with Gasteiger partial charge in [-0.1, -0.05) is 22.9 Å². The number of unbranched alkanes of at least 4 members (excludes halogenated alkanes) is 1. The van der Waals surface area contributed by atoms with Crippen molar-refractivity contribution in [3.63, 3.8) is 0 Å². The zero-order valence-electron chi connectivity index (χ0n) is 10.2. The summed E-state index contributed by atoms with van der Waals surface area (Å²) in [5, 5.41) is 2.56. The highest BCUT2D eigenvalue weighted by Gasteiger charge is 2.25. The molecule has 0 amide bonds. The monoisotopic (exact) mass is 292 g/mol. The van der Waals surface area contributed by atoms with Crippen LogP contribution in [-0.4, -0.2) is 42.1 Å². The smallest absolute Gasteiger partial charge is 0.272 e. The van der Waals surface area contributed by atoms with Gasteiger partial charge in [0.2, 0.25) is 0 Å². The van der Waals surface area contributed by atoms with Crippen LogP contribution in [0.2, 0.25) is 4.34 Å². The molecule has 102 valence electrons. The molecule has 1 saturated heterocycles. The maximum absolute atomic E-state index is 12.8. The molecule has 0 saturated carbocycles. The minimum atomic E-state index is -0.492. The summed E-state index contributed by atoms with van der Waals surface area (Å²) in [6, 6.07) is 0.583. The lowest BCUT2D eigenvalue weighted by Crippen LogP contribution is -2.51. The summed E-state index contributed by atoms with van der Waals surface area (Å²) in [5.41, 5.74) is 5.64. The molecule has 0 aromatic carbocycles. The first kappa shape index (κ1) is 14.0. The van der Waals surface area contributed by atoms with Crippen LogP contribution in [0, 0.1) is 5.26 Å². The molecule has 7 heteroatoms. The fourth-order valence-electron chi connectivity index (χ4n) is 2.09. The van der Waals surface area contributed by atoms with Gasteiger partial charge in [-0.05, 0) is 25.8 Å². The van der Waals surface area contributed by atoms with E-state index >= 15 is 0 Å². The van der Waals surface area contributed by atoms with Crippen molar-refractivity contribution in [2.75, 3.05) is 31.5 Å². The number of halogens is 2. The van der Waals surface area contributed by atoms with Gasteiger partial charge in [0.05, 0.1) is 0 Å². The van der Waals surface area contributed by atoms with Gasteiger partial charge in [-0.15, -0.1) is 0 Å². The summed E-state index contributed by atoms with van der Waals surface area (Å²) in [5.74, 6) is 0.461. The van der Waals surface area contributed by atoms with Gasteiger partial charge in [0.1, 0.15) is 4.34 Å². The molecule has 0 aliphatic carbocycles. The summed E-state index contributed by atoms with van der Waals surface area (Å²) in [7, 11) is 0. The van der Waals surface area contributed by atoms with Crippen molar-refractivity contribution in [2.24, 2.45) is 5.73 Å². The van der Waals surface area contributed by atoms with Crippen molar-refractivity contribution in [1.82, 2.24) is 9.88 Å². The van der Waals surface area contributed by atoms with E-state index in [1.807, 2.05) is 0 Å². The number of nitrogens with one attached hydrogen (secondary N) is 1. The molecule has 3 N–H and O–H groups in total. The Hall–Kier alpha value is -0.430. The molecule has 0 bridgehead atoms. The van der Waals surface area contributed by atoms with E-state index in [-0.39, 0.29) is 0 Å². The molecule has 1 aliphatic heterocycles. The Labute approximate surface area is 115 Å².